The Kier molecular flexibility index (Phi) is 5.33. The standard InChI is InChI=1S/C23H22F3N3O2/c1-14-5-3-8-19-21(14)27-13-28(22(19)31)12-20(30)29(18-9-10-18)15(2)16-6-4-7-17(11-16)23(24,25)26/h3-8,11,13,15,18H,9-10,12H2,1-2H3/t15-/m1/s1. The maximum absolute atomic E-state index is 13.2. The lowest BCUT2D eigenvalue weighted by molar-refractivity contribution is -0.137. The minimum Gasteiger partial charge on any atom is -0.331 e. The number of aryl methyl sites for hydroxylation is 1. The third kappa shape index (κ3) is 4.19. The summed E-state index contributed by atoms with van der Waals surface area (Å²) in [5.74, 6) is -0.316. The zero-order chi connectivity index (χ0) is 22.3. The van der Waals surface area contributed by atoms with Gasteiger partial charge in [-0.05, 0) is 56.0 Å². The Balaban J connectivity index is 1.63. The maximum atomic E-state index is 13.2. The molecule has 4 rings (SSSR count). The molecule has 0 unspecified atom stereocenters. The molecule has 0 aliphatic heterocycles. The fourth-order valence-electron chi connectivity index (χ4n) is 3.90. The SMILES string of the molecule is Cc1cccc2c(=O)n(CC(=O)N(C3CC3)[C@H](C)c3cccc(C(F)(F)F)c3)cnc12. The summed E-state index contributed by atoms with van der Waals surface area (Å²) in [6.45, 7) is 3.36. The number of hydrogen-bond donors (Lipinski definition) is 0. The Hall–Kier alpha value is -3.16. The van der Waals surface area contributed by atoms with Crippen molar-refractivity contribution < 1.29 is 18.0 Å². The molecule has 1 amide bonds. The van der Waals surface area contributed by atoms with Gasteiger partial charge in [-0.2, -0.15) is 13.2 Å². The number of carbonyl (C=O) groups is 1. The van der Waals surface area contributed by atoms with E-state index in [0.29, 0.717) is 16.5 Å². The molecule has 0 bridgehead atoms. The minimum atomic E-state index is -4.45. The summed E-state index contributed by atoms with van der Waals surface area (Å²) >= 11 is 0. The Morgan fingerprint density at radius 2 is 1.94 bits per heavy atom. The van der Waals surface area contributed by atoms with Crippen molar-refractivity contribution in [2.24, 2.45) is 0 Å². The van der Waals surface area contributed by atoms with Crippen LogP contribution in [0.4, 0.5) is 13.2 Å². The zero-order valence-electron chi connectivity index (χ0n) is 17.2. The lowest BCUT2D eigenvalue weighted by Crippen LogP contribution is -2.39. The van der Waals surface area contributed by atoms with Crippen molar-refractivity contribution in [1.82, 2.24) is 14.5 Å². The second-order valence-electron chi connectivity index (χ2n) is 7.98. The van der Waals surface area contributed by atoms with Crippen molar-refractivity contribution in [3.8, 4) is 0 Å². The quantitative estimate of drug-likeness (QED) is 0.601. The molecule has 3 aromatic rings. The molecule has 5 nitrogen and oxygen atoms in total. The lowest BCUT2D eigenvalue weighted by Gasteiger charge is -2.30. The van der Waals surface area contributed by atoms with Crippen LogP contribution in [0.2, 0.25) is 0 Å². The second kappa shape index (κ2) is 7.83. The van der Waals surface area contributed by atoms with E-state index < -0.39 is 17.8 Å². The first-order chi connectivity index (χ1) is 14.7. The molecule has 0 N–H and O–H groups in total. The first kappa shape index (κ1) is 21.1. The van der Waals surface area contributed by atoms with Gasteiger partial charge in [0.25, 0.3) is 5.56 Å². The van der Waals surface area contributed by atoms with Crippen LogP contribution in [0.25, 0.3) is 10.9 Å². The van der Waals surface area contributed by atoms with Crippen LogP contribution in [0.1, 0.15) is 42.5 Å². The van der Waals surface area contributed by atoms with Crippen LogP contribution < -0.4 is 5.56 Å². The molecule has 1 aliphatic carbocycles. The van der Waals surface area contributed by atoms with Crippen molar-refractivity contribution in [2.45, 2.75) is 51.5 Å². The molecule has 0 radical (unpaired) electrons. The van der Waals surface area contributed by atoms with E-state index in [1.165, 1.54) is 17.0 Å². The molecular formula is C23H22F3N3O2. The van der Waals surface area contributed by atoms with Gasteiger partial charge < -0.3 is 4.90 Å². The van der Waals surface area contributed by atoms with Crippen LogP contribution in [0.5, 0.6) is 0 Å². The summed E-state index contributed by atoms with van der Waals surface area (Å²) in [6.07, 6.45) is -1.51. The van der Waals surface area contributed by atoms with E-state index in [1.54, 1.807) is 30.0 Å². The molecule has 1 saturated carbocycles. The normalized spacial score (nSPS) is 15.1. The molecule has 0 spiro atoms. The van der Waals surface area contributed by atoms with Gasteiger partial charge in [0, 0.05) is 6.04 Å². The Labute approximate surface area is 177 Å². The lowest BCUT2D eigenvalue weighted by atomic mass is 10.0. The largest absolute Gasteiger partial charge is 0.416 e. The third-order valence-corrected chi connectivity index (χ3v) is 5.70. The van der Waals surface area contributed by atoms with Gasteiger partial charge in [0.15, 0.2) is 0 Å². The smallest absolute Gasteiger partial charge is 0.331 e. The van der Waals surface area contributed by atoms with Crippen molar-refractivity contribution in [3.63, 3.8) is 0 Å². The highest BCUT2D eigenvalue weighted by Crippen LogP contribution is 2.36. The van der Waals surface area contributed by atoms with Crippen molar-refractivity contribution in [1.29, 1.82) is 0 Å². The second-order valence-corrected chi connectivity index (χ2v) is 7.98. The van der Waals surface area contributed by atoms with Gasteiger partial charge in [0.2, 0.25) is 5.91 Å². The van der Waals surface area contributed by atoms with Crippen LogP contribution in [0.15, 0.2) is 53.6 Å². The molecule has 8 heteroatoms. The number of amides is 1. The van der Waals surface area contributed by atoms with Gasteiger partial charge >= 0.3 is 6.18 Å². The van der Waals surface area contributed by atoms with Gasteiger partial charge in [-0.3, -0.25) is 14.2 Å². The summed E-state index contributed by atoms with van der Waals surface area (Å²) in [5, 5.41) is 0.430. The van der Waals surface area contributed by atoms with Crippen LogP contribution >= 0.6 is 0 Å². The molecule has 1 aromatic heterocycles. The summed E-state index contributed by atoms with van der Waals surface area (Å²) < 4.78 is 40.6. The van der Waals surface area contributed by atoms with Crippen LogP contribution in [0, 0.1) is 6.92 Å². The number of carbonyl (C=O) groups excluding carboxylic acids is 1. The van der Waals surface area contributed by atoms with Gasteiger partial charge in [-0.15, -0.1) is 0 Å². The fourth-order valence-corrected chi connectivity index (χ4v) is 3.90. The highest BCUT2D eigenvalue weighted by atomic mass is 19.4. The van der Waals surface area contributed by atoms with E-state index in [4.69, 9.17) is 0 Å². The molecule has 1 heterocycles. The van der Waals surface area contributed by atoms with E-state index >= 15 is 0 Å². The average Bonchev–Trinajstić information content (AvgIpc) is 3.55. The molecule has 31 heavy (non-hydrogen) atoms. The van der Waals surface area contributed by atoms with Crippen molar-refractivity contribution >= 4 is 16.8 Å². The predicted octanol–water partition coefficient (Wildman–Crippen LogP) is 4.48. The predicted molar refractivity (Wildman–Crippen MR) is 110 cm³/mol. The molecular weight excluding hydrogens is 407 g/mol. The van der Waals surface area contributed by atoms with Crippen LogP contribution in [-0.2, 0) is 17.5 Å². The minimum absolute atomic E-state index is 0.0385. The van der Waals surface area contributed by atoms with Gasteiger partial charge in [-0.25, -0.2) is 4.98 Å². The number of rotatable bonds is 5. The third-order valence-electron chi connectivity index (χ3n) is 5.70. The number of para-hydroxylation sites is 1. The number of aromatic nitrogens is 2. The molecule has 1 aliphatic rings. The summed E-state index contributed by atoms with van der Waals surface area (Å²) in [5.41, 5.74) is 0.808. The van der Waals surface area contributed by atoms with Crippen molar-refractivity contribution in [2.75, 3.05) is 0 Å². The number of nitrogens with zero attached hydrogens (tertiary/aromatic N) is 3. The summed E-state index contributed by atoms with van der Waals surface area (Å²) in [7, 11) is 0. The van der Waals surface area contributed by atoms with Crippen molar-refractivity contribution in [3.05, 3.63) is 75.8 Å². The maximum Gasteiger partial charge on any atom is 0.416 e. The molecule has 1 atom stereocenters. The Morgan fingerprint density at radius 1 is 1.23 bits per heavy atom. The number of benzene rings is 2. The monoisotopic (exact) mass is 429 g/mol. The number of alkyl halides is 3. The fraction of sp³-hybridized carbons (Fsp3) is 0.348. The van der Waals surface area contributed by atoms with E-state index in [9.17, 15) is 22.8 Å². The van der Waals surface area contributed by atoms with E-state index in [1.807, 2.05) is 13.0 Å². The van der Waals surface area contributed by atoms with E-state index in [0.717, 1.165) is 30.5 Å². The molecule has 0 saturated heterocycles. The number of fused-ring (bicyclic) bond motifs is 1. The van der Waals surface area contributed by atoms with Gasteiger partial charge in [0.1, 0.15) is 6.54 Å². The summed E-state index contributed by atoms with van der Waals surface area (Å²) in [4.78, 5) is 31.9. The Bertz CT molecular complexity index is 1200. The molecule has 162 valence electrons. The van der Waals surface area contributed by atoms with Gasteiger partial charge in [0.05, 0.1) is 28.8 Å². The topological polar surface area (TPSA) is 55.2 Å². The van der Waals surface area contributed by atoms with Crippen LogP contribution in [0.3, 0.4) is 0 Å². The number of hydrogen-bond acceptors (Lipinski definition) is 3. The molecule has 2 aromatic carbocycles. The first-order valence-electron chi connectivity index (χ1n) is 10.1. The summed E-state index contributed by atoms with van der Waals surface area (Å²) in [6, 6.07) is 9.75. The van der Waals surface area contributed by atoms with E-state index in [-0.39, 0.29) is 24.1 Å². The first-order valence-corrected chi connectivity index (χ1v) is 10.1. The highest BCUT2D eigenvalue weighted by Gasteiger charge is 2.37. The average molecular weight is 429 g/mol. The Morgan fingerprint density at radius 3 is 2.61 bits per heavy atom. The van der Waals surface area contributed by atoms with Gasteiger partial charge in [-0.1, -0.05) is 24.3 Å². The molecule has 1 fully saturated rings. The number of halogens is 3. The van der Waals surface area contributed by atoms with Crippen LogP contribution in [-0.4, -0.2) is 26.4 Å². The van der Waals surface area contributed by atoms with E-state index in [2.05, 4.69) is 4.98 Å². The highest BCUT2D eigenvalue weighted by molar-refractivity contribution is 5.81. The zero-order valence-corrected chi connectivity index (χ0v) is 17.2.